The molecule has 116 valence electrons. The van der Waals surface area contributed by atoms with Crippen LogP contribution in [0.25, 0.3) is 0 Å². The molecule has 0 unspecified atom stereocenters. The van der Waals surface area contributed by atoms with Gasteiger partial charge < -0.3 is 14.4 Å². The van der Waals surface area contributed by atoms with Crippen LogP contribution in [0.4, 0.5) is 17.6 Å². The van der Waals surface area contributed by atoms with Crippen LogP contribution in [0.3, 0.4) is 0 Å². The summed E-state index contributed by atoms with van der Waals surface area (Å²) in [6.07, 6.45) is -4.70. The highest BCUT2D eigenvalue weighted by atomic mass is 19.4. The lowest BCUT2D eigenvalue weighted by atomic mass is 9.77. The molecule has 0 amide bonds. The molecule has 1 heterocycles. The first kappa shape index (κ1) is 16.1. The standard InChI is InChI=1S/C13H15BF4O3/c1-11(2)12(3,4)21-14(20-11)8-5-7(13(16,17)18)6-9(19)10(8)15/h5-6,19H,1-4H3. The van der Waals surface area contributed by atoms with Gasteiger partial charge in [-0.1, -0.05) is 0 Å². The number of rotatable bonds is 1. The van der Waals surface area contributed by atoms with Crippen molar-refractivity contribution in [1.82, 2.24) is 0 Å². The molecule has 0 aliphatic carbocycles. The Balaban J connectivity index is 2.48. The van der Waals surface area contributed by atoms with Crippen LogP contribution in [0.5, 0.6) is 5.75 Å². The van der Waals surface area contributed by atoms with Crippen molar-refractivity contribution < 1.29 is 32.0 Å². The van der Waals surface area contributed by atoms with Gasteiger partial charge in [0.25, 0.3) is 0 Å². The summed E-state index contributed by atoms with van der Waals surface area (Å²) in [6, 6.07) is 0.932. The summed E-state index contributed by atoms with van der Waals surface area (Å²) >= 11 is 0. The van der Waals surface area contributed by atoms with Gasteiger partial charge in [0, 0.05) is 5.46 Å². The van der Waals surface area contributed by atoms with E-state index in [0.717, 1.165) is 0 Å². The maximum atomic E-state index is 13.9. The zero-order valence-electron chi connectivity index (χ0n) is 12.0. The highest BCUT2D eigenvalue weighted by molar-refractivity contribution is 6.62. The molecule has 1 aliphatic rings. The topological polar surface area (TPSA) is 38.7 Å². The molecule has 1 N–H and O–H groups in total. The average molecular weight is 306 g/mol. The summed E-state index contributed by atoms with van der Waals surface area (Å²) in [5, 5.41) is 9.38. The molecule has 0 atom stereocenters. The van der Waals surface area contributed by atoms with Gasteiger partial charge in [-0.25, -0.2) is 4.39 Å². The smallest absolute Gasteiger partial charge is 0.498 e. The normalized spacial score (nSPS) is 20.9. The van der Waals surface area contributed by atoms with Crippen LogP contribution in [0, 0.1) is 5.82 Å². The lowest BCUT2D eigenvalue weighted by molar-refractivity contribution is -0.137. The monoisotopic (exact) mass is 306 g/mol. The third-order valence-corrected chi connectivity index (χ3v) is 3.92. The van der Waals surface area contributed by atoms with Gasteiger partial charge in [0.15, 0.2) is 11.6 Å². The highest BCUT2D eigenvalue weighted by Gasteiger charge is 2.53. The minimum Gasteiger partial charge on any atom is -0.505 e. The van der Waals surface area contributed by atoms with E-state index in [-0.39, 0.29) is 0 Å². The van der Waals surface area contributed by atoms with E-state index in [9.17, 15) is 22.7 Å². The molecule has 8 heteroatoms. The molecular weight excluding hydrogens is 291 g/mol. The molecule has 1 saturated heterocycles. The molecule has 0 spiro atoms. The number of phenols is 1. The van der Waals surface area contributed by atoms with E-state index in [1.54, 1.807) is 27.7 Å². The van der Waals surface area contributed by atoms with Crippen LogP contribution in [-0.2, 0) is 15.5 Å². The Morgan fingerprint density at radius 3 is 1.95 bits per heavy atom. The summed E-state index contributed by atoms with van der Waals surface area (Å²) in [5.41, 5.74) is -3.28. The first-order valence-electron chi connectivity index (χ1n) is 6.30. The second kappa shape index (κ2) is 4.61. The summed E-state index contributed by atoms with van der Waals surface area (Å²) in [6.45, 7) is 6.77. The van der Waals surface area contributed by atoms with Crippen molar-refractivity contribution in [2.24, 2.45) is 0 Å². The predicted octanol–water partition coefficient (Wildman–Crippen LogP) is 2.85. The SMILES string of the molecule is CC1(C)OB(c2cc(C(F)(F)F)cc(O)c2F)OC1(C)C. The van der Waals surface area contributed by atoms with Gasteiger partial charge in [-0.3, -0.25) is 0 Å². The van der Waals surface area contributed by atoms with Crippen LogP contribution < -0.4 is 5.46 Å². The minimum atomic E-state index is -4.70. The molecule has 0 radical (unpaired) electrons. The van der Waals surface area contributed by atoms with E-state index in [0.29, 0.717) is 12.1 Å². The number of hydrogen-bond donors (Lipinski definition) is 1. The fourth-order valence-electron chi connectivity index (χ4n) is 1.94. The predicted molar refractivity (Wildman–Crippen MR) is 68.8 cm³/mol. The molecule has 1 fully saturated rings. The third kappa shape index (κ3) is 2.74. The molecule has 1 aliphatic heterocycles. The number of hydrogen-bond acceptors (Lipinski definition) is 3. The van der Waals surface area contributed by atoms with Crippen LogP contribution in [0.1, 0.15) is 33.3 Å². The lowest BCUT2D eigenvalue weighted by Gasteiger charge is -2.32. The molecule has 21 heavy (non-hydrogen) atoms. The second-order valence-corrected chi connectivity index (χ2v) is 5.98. The van der Waals surface area contributed by atoms with E-state index in [4.69, 9.17) is 9.31 Å². The molecule has 2 rings (SSSR count). The van der Waals surface area contributed by atoms with E-state index < -0.39 is 47.1 Å². The van der Waals surface area contributed by atoms with Gasteiger partial charge in [0.1, 0.15) is 0 Å². The van der Waals surface area contributed by atoms with E-state index in [1.165, 1.54) is 0 Å². The first-order valence-corrected chi connectivity index (χ1v) is 6.30. The minimum absolute atomic E-state index is 0.337. The first-order chi connectivity index (χ1) is 9.35. The Morgan fingerprint density at radius 1 is 1.05 bits per heavy atom. The Labute approximate surface area is 120 Å². The molecule has 1 aromatic carbocycles. The summed E-state index contributed by atoms with van der Waals surface area (Å²) in [7, 11) is -1.32. The van der Waals surface area contributed by atoms with Gasteiger partial charge in [-0.2, -0.15) is 13.2 Å². The zero-order chi connectivity index (χ0) is 16.2. The van der Waals surface area contributed by atoms with Crippen LogP contribution in [0.15, 0.2) is 12.1 Å². The highest BCUT2D eigenvalue weighted by Crippen LogP contribution is 2.38. The van der Waals surface area contributed by atoms with E-state index >= 15 is 0 Å². The number of aromatic hydroxyl groups is 1. The number of benzene rings is 1. The summed E-state index contributed by atoms with van der Waals surface area (Å²) < 4.78 is 63.2. The molecule has 0 saturated carbocycles. The van der Waals surface area contributed by atoms with Crippen molar-refractivity contribution in [2.45, 2.75) is 45.1 Å². The second-order valence-electron chi connectivity index (χ2n) is 5.98. The lowest BCUT2D eigenvalue weighted by Crippen LogP contribution is -2.41. The largest absolute Gasteiger partial charge is 0.505 e. The zero-order valence-corrected chi connectivity index (χ0v) is 12.0. The van der Waals surface area contributed by atoms with Gasteiger partial charge in [-0.05, 0) is 39.8 Å². The number of halogens is 4. The summed E-state index contributed by atoms with van der Waals surface area (Å²) in [4.78, 5) is 0. The van der Waals surface area contributed by atoms with Crippen molar-refractivity contribution in [3.8, 4) is 5.75 Å². The van der Waals surface area contributed by atoms with Gasteiger partial charge in [0.2, 0.25) is 0 Å². The van der Waals surface area contributed by atoms with Crippen molar-refractivity contribution in [3.05, 3.63) is 23.5 Å². The van der Waals surface area contributed by atoms with Crippen LogP contribution >= 0.6 is 0 Å². The maximum Gasteiger partial charge on any atom is 0.498 e. The maximum absolute atomic E-state index is 13.9. The summed E-state index contributed by atoms with van der Waals surface area (Å²) in [5.74, 6) is -2.27. The fraction of sp³-hybridized carbons (Fsp3) is 0.538. The Morgan fingerprint density at radius 2 is 1.52 bits per heavy atom. The Bertz CT molecular complexity index is 553. The van der Waals surface area contributed by atoms with Gasteiger partial charge in [-0.15, -0.1) is 0 Å². The van der Waals surface area contributed by atoms with Gasteiger partial charge >= 0.3 is 13.3 Å². The van der Waals surface area contributed by atoms with Gasteiger partial charge in [0.05, 0.1) is 16.8 Å². The number of alkyl halides is 3. The molecular formula is C13H15BF4O3. The van der Waals surface area contributed by atoms with Crippen molar-refractivity contribution in [1.29, 1.82) is 0 Å². The van der Waals surface area contributed by atoms with E-state index in [1.807, 2.05) is 0 Å². The molecule has 0 aromatic heterocycles. The van der Waals surface area contributed by atoms with E-state index in [2.05, 4.69) is 0 Å². The third-order valence-electron chi connectivity index (χ3n) is 3.92. The quantitative estimate of drug-likeness (QED) is 0.640. The molecule has 3 nitrogen and oxygen atoms in total. The van der Waals surface area contributed by atoms with Crippen molar-refractivity contribution >= 4 is 12.6 Å². The van der Waals surface area contributed by atoms with Crippen molar-refractivity contribution in [2.75, 3.05) is 0 Å². The fourth-order valence-corrected chi connectivity index (χ4v) is 1.94. The Kier molecular flexibility index (Phi) is 3.53. The molecule has 1 aromatic rings. The molecule has 0 bridgehead atoms. The van der Waals surface area contributed by atoms with Crippen molar-refractivity contribution in [3.63, 3.8) is 0 Å². The number of phenolic OH excluding ortho intramolecular Hbond substituents is 1. The Hall–Kier alpha value is -1.28. The van der Waals surface area contributed by atoms with Crippen LogP contribution in [-0.4, -0.2) is 23.4 Å². The van der Waals surface area contributed by atoms with Crippen LogP contribution in [0.2, 0.25) is 0 Å². The average Bonchev–Trinajstić information content (AvgIpc) is 2.50.